The van der Waals surface area contributed by atoms with Gasteiger partial charge in [-0.15, -0.1) is 0 Å². The third-order valence-corrected chi connectivity index (χ3v) is 6.55. The van der Waals surface area contributed by atoms with E-state index in [4.69, 9.17) is 19.0 Å². The summed E-state index contributed by atoms with van der Waals surface area (Å²) in [7, 11) is -0.418. The molecule has 6 nitrogen and oxygen atoms in total. The summed E-state index contributed by atoms with van der Waals surface area (Å²) in [5, 5.41) is 0. The highest BCUT2D eigenvalue weighted by atomic mass is 16.7. The van der Waals surface area contributed by atoms with Crippen LogP contribution in [-0.2, 0) is 20.5 Å². The van der Waals surface area contributed by atoms with Crippen LogP contribution >= 0.6 is 0 Å². The van der Waals surface area contributed by atoms with Crippen LogP contribution in [0.4, 0.5) is 4.79 Å². The summed E-state index contributed by atoms with van der Waals surface area (Å²) in [5.41, 5.74) is 1.80. The summed E-state index contributed by atoms with van der Waals surface area (Å²) in [4.78, 5) is 19.5. The number of nitrogens with zero attached hydrogens (tertiary/aromatic N) is 2. The lowest BCUT2D eigenvalue weighted by molar-refractivity contribution is 0.00578. The van der Waals surface area contributed by atoms with E-state index >= 15 is 0 Å². The highest BCUT2D eigenvalue weighted by Gasteiger charge is 2.52. The molecule has 0 radical (unpaired) electrons. The predicted molar refractivity (Wildman–Crippen MR) is 128 cm³/mol. The number of rotatable bonds is 4. The molecule has 1 atom stereocenters. The first-order valence-corrected chi connectivity index (χ1v) is 12.0. The second-order valence-electron chi connectivity index (χ2n) is 11.8. The summed E-state index contributed by atoms with van der Waals surface area (Å²) in [6.07, 6.45) is 2.58. The Bertz CT molecular complexity index is 816. The van der Waals surface area contributed by atoms with Gasteiger partial charge in [-0.2, -0.15) is 0 Å². The van der Waals surface area contributed by atoms with E-state index in [0.717, 1.165) is 42.7 Å². The van der Waals surface area contributed by atoms with Gasteiger partial charge in [0.25, 0.3) is 0 Å². The molecule has 1 amide bonds. The van der Waals surface area contributed by atoms with Crippen LogP contribution in [0.1, 0.15) is 92.5 Å². The molecule has 2 saturated heterocycles. The fraction of sp³-hybridized carbons (Fsp3) is 0.760. The highest BCUT2D eigenvalue weighted by Crippen LogP contribution is 2.37. The number of carbonyl (C=O) groups is 1. The zero-order valence-corrected chi connectivity index (χ0v) is 21.4. The lowest BCUT2D eigenvalue weighted by Crippen LogP contribution is -2.43. The van der Waals surface area contributed by atoms with E-state index in [1.54, 1.807) is 0 Å². The Morgan fingerprint density at radius 2 is 1.84 bits per heavy atom. The van der Waals surface area contributed by atoms with Crippen LogP contribution < -0.4 is 5.46 Å². The van der Waals surface area contributed by atoms with Gasteiger partial charge < -0.3 is 18.9 Å². The Kier molecular flexibility index (Phi) is 7.02. The molecule has 0 spiro atoms. The number of aromatic nitrogens is 1. The fourth-order valence-corrected chi connectivity index (χ4v) is 4.19. The second-order valence-corrected chi connectivity index (χ2v) is 11.8. The minimum atomic E-state index is -0.497. The van der Waals surface area contributed by atoms with Gasteiger partial charge in [-0.25, -0.2) is 4.79 Å². The van der Waals surface area contributed by atoms with E-state index < -0.39 is 23.9 Å². The van der Waals surface area contributed by atoms with Crippen LogP contribution in [0.25, 0.3) is 0 Å². The van der Waals surface area contributed by atoms with Crippen LogP contribution in [0, 0.1) is 5.92 Å². The van der Waals surface area contributed by atoms with Gasteiger partial charge in [0, 0.05) is 30.4 Å². The zero-order chi connectivity index (χ0) is 23.9. The molecule has 2 fully saturated rings. The highest BCUT2D eigenvalue weighted by molar-refractivity contribution is 6.62. The van der Waals surface area contributed by atoms with E-state index in [1.807, 2.05) is 25.7 Å². The maximum Gasteiger partial charge on any atom is 0.494 e. The fourth-order valence-electron chi connectivity index (χ4n) is 4.19. The van der Waals surface area contributed by atoms with Gasteiger partial charge in [0.2, 0.25) is 0 Å². The number of ether oxygens (including phenoxy) is 1. The molecule has 1 aromatic rings. The maximum atomic E-state index is 12.7. The molecule has 1 unspecified atom stereocenters. The van der Waals surface area contributed by atoms with Gasteiger partial charge in [0.15, 0.2) is 0 Å². The second kappa shape index (κ2) is 8.98. The minimum Gasteiger partial charge on any atom is -0.444 e. The van der Waals surface area contributed by atoms with Crippen molar-refractivity contribution in [3.63, 3.8) is 0 Å². The molecule has 7 heteroatoms. The van der Waals surface area contributed by atoms with E-state index in [0.29, 0.717) is 12.5 Å². The summed E-state index contributed by atoms with van der Waals surface area (Å²) in [5.74, 6) is 0.665. The monoisotopic (exact) mass is 444 g/mol. The number of amides is 1. The molecular weight excluding hydrogens is 403 g/mol. The third-order valence-electron chi connectivity index (χ3n) is 6.55. The average molecular weight is 444 g/mol. The molecule has 0 bridgehead atoms. The lowest BCUT2D eigenvalue weighted by Gasteiger charge is -2.34. The van der Waals surface area contributed by atoms with Crippen LogP contribution in [0.5, 0.6) is 0 Å². The standard InChI is InChI=1S/C25H41BN2O4/c1-17(2)13-20-14-19(26-31-24(6,7)25(8,9)32-26)15-21(27-20)18-11-10-12-28(16-18)22(29)30-23(3,4)5/h14-15,17-18H,10-13,16H2,1-9H3. The Hall–Kier alpha value is -1.60. The van der Waals surface area contributed by atoms with Crippen molar-refractivity contribution >= 4 is 18.7 Å². The Morgan fingerprint density at radius 3 is 2.41 bits per heavy atom. The SMILES string of the molecule is CC(C)Cc1cc(B2OC(C)(C)C(C)(C)O2)cc(C2CCCN(C(=O)OC(C)(C)C)C2)n1. The predicted octanol–water partition coefficient (Wildman–Crippen LogP) is 4.69. The van der Waals surface area contributed by atoms with Gasteiger partial charge >= 0.3 is 13.2 Å². The molecule has 2 aliphatic rings. The first-order valence-electron chi connectivity index (χ1n) is 12.0. The molecule has 0 aliphatic carbocycles. The molecule has 0 aromatic carbocycles. The van der Waals surface area contributed by atoms with Gasteiger partial charge in [-0.1, -0.05) is 13.8 Å². The molecule has 0 saturated carbocycles. The topological polar surface area (TPSA) is 60.9 Å². The van der Waals surface area contributed by atoms with Crippen molar-refractivity contribution in [2.75, 3.05) is 13.1 Å². The summed E-state index contributed by atoms with van der Waals surface area (Å²) in [6, 6.07) is 4.25. The lowest BCUT2D eigenvalue weighted by atomic mass is 9.77. The van der Waals surface area contributed by atoms with Crippen molar-refractivity contribution in [2.45, 2.75) is 104 Å². The van der Waals surface area contributed by atoms with E-state index in [1.165, 1.54) is 0 Å². The normalized spacial score (nSPS) is 23.0. The summed E-state index contributed by atoms with van der Waals surface area (Å²) >= 11 is 0. The Balaban J connectivity index is 1.87. The molecular formula is C25H41BN2O4. The summed E-state index contributed by atoms with van der Waals surface area (Å²) < 4.78 is 18.3. The van der Waals surface area contributed by atoms with Crippen molar-refractivity contribution < 1.29 is 18.8 Å². The van der Waals surface area contributed by atoms with Crippen molar-refractivity contribution in [2.24, 2.45) is 5.92 Å². The van der Waals surface area contributed by atoms with Gasteiger partial charge in [-0.3, -0.25) is 4.98 Å². The first kappa shape index (κ1) is 25.0. The van der Waals surface area contributed by atoms with E-state index in [9.17, 15) is 4.79 Å². The summed E-state index contributed by atoms with van der Waals surface area (Å²) in [6.45, 7) is 19.8. The zero-order valence-electron chi connectivity index (χ0n) is 21.4. The number of hydrogen-bond donors (Lipinski definition) is 0. The molecule has 1 aromatic heterocycles. The van der Waals surface area contributed by atoms with Crippen LogP contribution in [0.15, 0.2) is 12.1 Å². The number of pyridine rings is 1. The largest absolute Gasteiger partial charge is 0.494 e. The van der Waals surface area contributed by atoms with Gasteiger partial charge in [0.1, 0.15) is 5.60 Å². The third kappa shape index (κ3) is 5.85. The van der Waals surface area contributed by atoms with Gasteiger partial charge in [-0.05, 0) is 91.2 Å². The quantitative estimate of drug-likeness (QED) is 0.631. The van der Waals surface area contributed by atoms with Crippen molar-refractivity contribution in [3.05, 3.63) is 23.5 Å². The number of hydrogen-bond acceptors (Lipinski definition) is 5. The number of piperidine rings is 1. The van der Waals surface area contributed by atoms with E-state index in [2.05, 4.69) is 53.7 Å². The molecule has 2 aliphatic heterocycles. The Morgan fingerprint density at radius 1 is 1.22 bits per heavy atom. The van der Waals surface area contributed by atoms with Crippen molar-refractivity contribution in [1.82, 2.24) is 9.88 Å². The number of likely N-dealkylation sites (tertiary alicyclic amines) is 1. The van der Waals surface area contributed by atoms with Crippen LogP contribution in [0.3, 0.4) is 0 Å². The molecule has 0 N–H and O–H groups in total. The van der Waals surface area contributed by atoms with Crippen LogP contribution in [0.2, 0.25) is 0 Å². The van der Waals surface area contributed by atoms with Crippen molar-refractivity contribution in [1.29, 1.82) is 0 Å². The van der Waals surface area contributed by atoms with Gasteiger partial charge in [0.05, 0.1) is 11.2 Å². The molecule has 178 valence electrons. The molecule has 32 heavy (non-hydrogen) atoms. The number of carbonyl (C=O) groups excluding carboxylic acids is 1. The minimum absolute atomic E-state index is 0.171. The Labute approximate surface area is 194 Å². The van der Waals surface area contributed by atoms with Crippen LogP contribution in [-0.4, -0.2) is 53.0 Å². The smallest absolute Gasteiger partial charge is 0.444 e. The molecule has 3 rings (SSSR count). The average Bonchev–Trinajstić information content (AvgIpc) is 2.87. The molecule has 3 heterocycles. The first-order chi connectivity index (χ1) is 14.7. The van der Waals surface area contributed by atoms with Crippen molar-refractivity contribution in [3.8, 4) is 0 Å². The maximum absolute atomic E-state index is 12.7. The van der Waals surface area contributed by atoms with E-state index in [-0.39, 0.29) is 12.0 Å².